The van der Waals surface area contributed by atoms with Gasteiger partial charge in [0, 0.05) is 30.6 Å². The number of ether oxygens (including phenoxy) is 1. The lowest BCUT2D eigenvalue weighted by molar-refractivity contribution is 0.0898. The molecule has 2 N–H and O–H groups in total. The molecule has 7 nitrogen and oxygen atoms in total. The van der Waals surface area contributed by atoms with Crippen LogP contribution < -0.4 is 4.74 Å². The number of benzene rings is 2. The number of nitriles is 1. The molecule has 1 aromatic heterocycles. The predicted octanol–water partition coefficient (Wildman–Crippen LogP) is 3.69. The first-order valence-corrected chi connectivity index (χ1v) is 11.1. The Hall–Kier alpha value is -3.50. The van der Waals surface area contributed by atoms with Gasteiger partial charge in [-0.25, -0.2) is 0 Å². The number of phenols is 1. The van der Waals surface area contributed by atoms with Crippen molar-refractivity contribution in [1.29, 1.82) is 5.26 Å². The third kappa shape index (κ3) is 3.78. The van der Waals surface area contributed by atoms with Gasteiger partial charge in [0.1, 0.15) is 30.3 Å². The van der Waals surface area contributed by atoms with E-state index in [1.54, 1.807) is 18.5 Å². The van der Waals surface area contributed by atoms with Crippen molar-refractivity contribution in [3.05, 3.63) is 48.0 Å². The van der Waals surface area contributed by atoms with Crippen LogP contribution in [-0.2, 0) is 0 Å². The minimum atomic E-state index is -0.615. The van der Waals surface area contributed by atoms with E-state index in [1.165, 1.54) is 6.42 Å². The average Bonchev–Trinajstić information content (AvgIpc) is 3.38. The summed E-state index contributed by atoms with van der Waals surface area (Å²) in [4.78, 5) is 6.15. The van der Waals surface area contributed by atoms with Gasteiger partial charge in [-0.1, -0.05) is 0 Å². The summed E-state index contributed by atoms with van der Waals surface area (Å²) in [6, 6.07) is 15.5. The van der Waals surface area contributed by atoms with Crippen molar-refractivity contribution in [2.75, 3.05) is 26.2 Å². The molecular weight excluding hydrogens is 404 g/mol. The molecule has 2 aliphatic rings. The molecule has 1 atom stereocenters. The summed E-state index contributed by atoms with van der Waals surface area (Å²) >= 11 is 0. The minimum Gasteiger partial charge on any atom is -0.508 e. The van der Waals surface area contributed by atoms with Crippen molar-refractivity contribution in [2.24, 2.45) is 4.99 Å². The van der Waals surface area contributed by atoms with Gasteiger partial charge in [0.25, 0.3) is 0 Å². The maximum atomic E-state index is 10.3. The maximum absolute atomic E-state index is 10.3. The number of nitrogens with zero attached hydrogens (tertiary/aromatic N) is 4. The van der Waals surface area contributed by atoms with Crippen molar-refractivity contribution in [1.82, 2.24) is 9.47 Å². The molecule has 0 amide bonds. The quantitative estimate of drug-likeness (QED) is 0.596. The largest absolute Gasteiger partial charge is 0.508 e. The summed E-state index contributed by atoms with van der Waals surface area (Å²) in [5.74, 6) is 0.875. The predicted molar refractivity (Wildman–Crippen MR) is 123 cm³/mol. The highest BCUT2D eigenvalue weighted by Gasteiger charge is 2.28. The standard InChI is InChI=1S/C25H26N4O3/c26-13-23-22-9-8-21(32-15-20(31)14-28-11-10-27-16-28)12-24(22)29(18-2-1-3-18)25(23)17-4-6-19(30)7-5-17/h4-9,12,16,18,20,30-31H,1-3,10-11,14-15H2. The average molecular weight is 431 g/mol. The molecule has 1 fully saturated rings. The van der Waals surface area contributed by atoms with E-state index in [-0.39, 0.29) is 12.4 Å². The number of fused-ring (bicyclic) bond motifs is 1. The molecule has 7 heteroatoms. The number of hydrogen-bond donors (Lipinski definition) is 2. The Balaban J connectivity index is 1.48. The lowest BCUT2D eigenvalue weighted by atomic mass is 9.92. The monoisotopic (exact) mass is 430 g/mol. The van der Waals surface area contributed by atoms with Gasteiger partial charge >= 0.3 is 0 Å². The first-order chi connectivity index (χ1) is 15.6. The van der Waals surface area contributed by atoms with Crippen molar-refractivity contribution < 1.29 is 14.9 Å². The molecule has 2 heterocycles. The highest BCUT2D eigenvalue weighted by atomic mass is 16.5. The molecule has 1 aliphatic carbocycles. The molecule has 1 saturated carbocycles. The van der Waals surface area contributed by atoms with E-state index < -0.39 is 6.10 Å². The SMILES string of the molecule is N#Cc1c(-c2ccc(O)cc2)n(C2CCC2)c2cc(OCC(O)CN3C=NCC3)ccc12. The smallest absolute Gasteiger partial charge is 0.121 e. The zero-order valence-corrected chi connectivity index (χ0v) is 17.8. The molecule has 3 aromatic rings. The molecule has 1 unspecified atom stereocenters. The lowest BCUT2D eigenvalue weighted by Gasteiger charge is -2.30. The fourth-order valence-electron chi connectivity index (χ4n) is 4.49. The van der Waals surface area contributed by atoms with Crippen molar-refractivity contribution in [2.45, 2.75) is 31.4 Å². The fraction of sp³-hybridized carbons (Fsp3) is 0.360. The van der Waals surface area contributed by atoms with Crippen LogP contribution >= 0.6 is 0 Å². The number of aliphatic hydroxyl groups is 1. The van der Waals surface area contributed by atoms with E-state index in [4.69, 9.17) is 4.74 Å². The van der Waals surface area contributed by atoms with Gasteiger partial charge in [0.2, 0.25) is 0 Å². The molecule has 2 aromatic carbocycles. The second-order valence-corrected chi connectivity index (χ2v) is 8.50. The highest BCUT2D eigenvalue weighted by Crippen LogP contribution is 2.43. The number of aliphatic imine (C=N–C) groups is 1. The van der Waals surface area contributed by atoms with Gasteiger partial charge in [-0.3, -0.25) is 4.99 Å². The number of rotatable bonds is 7. The van der Waals surface area contributed by atoms with Crippen LogP contribution in [0.25, 0.3) is 22.2 Å². The Morgan fingerprint density at radius 1 is 1.19 bits per heavy atom. The lowest BCUT2D eigenvalue weighted by Crippen LogP contribution is -2.33. The normalized spacial score (nSPS) is 16.8. The number of aliphatic hydroxyl groups excluding tert-OH is 1. The third-order valence-electron chi connectivity index (χ3n) is 6.32. The van der Waals surface area contributed by atoms with Crippen LogP contribution in [0.5, 0.6) is 11.5 Å². The first kappa shape index (κ1) is 20.4. The summed E-state index contributed by atoms with van der Waals surface area (Å²) in [6.45, 7) is 2.28. The molecule has 5 rings (SSSR count). The second-order valence-electron chi connectivity index (χ2n) is 8.50. The van der Waals surface area contributed by atoms with Crippen LogP contribution in [0.1, 0.15) is 30.9 Å². The van der Waals surface area contributed by atoms with E-state index in [2.05, 4.69) is 15.6 Å². The van der Waals surface area contributed by atoms with Crippen LogP contribution in [-0.4, -0.2) is 58.4 Å². The van der Waals surface area contributed by atoms with Crippen LogP contribution in [0.15, 0.2) is 47.5 Å². The molecule has 1 aliphatic heterocycles. The highest BCUT2D eigenvalue weighted by molar-refractivity contribution is 5.95. The van der Waals surface area contributed by atoms with Gasteiger partial charge in [-0.05, 0) is 61.2 Å². The maximum Gasteiger partial charge on any atom is 0.121 e. The summed E-state index contributed by atoms with van der Waals surface area (Å²) in [5.41, 5.74) is 3.40. The molecule has 0 saturated heterocycles. The molecular formula is C25H26N4O3. The summed E-state index contributed by atoms with van der Waals surface area (Å²) in [7, 11) is 0. The summed E-state index contributed by atoms with van der Waals surface area (Å²) in [6.07, 6.45) is 4.47. The Morgan fingerprint density at radius 3 is 2.66 bits per heavy atom. The Bertz CT molecular complexity index is 1190. The van der Waals surface area contributed by atoms with Crippen molar-refractivity contribution >= 4 is 17.2 Å². The van der Waals surface area contributed by atoms with Gasteiger partial charge in [-0.15, -0.1) is 0 Å². The fourth-order valence-corrected chi connectivity index (χ4v) is 4.49. The molecule has 0 spiro atoms. The van der Waals surface area contributed by atoms with E-state index >= 15 is 0 Å². The third-order valence-corrected chi connectivity index (χ3v) is 6.32. The van der Waals surface area contributed by atoms with E-state index in [0.29, 0.717) is 23.9 Å². The number of aromatic nitrogens is 1. The van der Waals surface area contributed by atoms with Crippen LogP contribution in [0.3, 0.4) is 0 Å². The number of phenolic OH excluding ortho intramolecular Hbond substituents is 1. The van der Waals surface area contributed by atoms with Gasteiger partial charge < -0.3 is 24.4 Å². The molecule has 32 heavy (non-hydrogen) atoms. The molecule has 164 valence electrons. The second kappa shape index (κ2) is 8.56. The Labute approximate surface area is 186 Å². The Kier molecular flexibility index (Phi) is 5.46. The number of hydrogen-bond acceptors (Lipinski definition) is 6. The van der Waals surface area contributed by atoms with Crippen molar-refractivity contribution in [3.8, 4) is 28.8 Å². The first-order valence-electron chi connectivity index (χ1n) is 11.1. The van der Waals surface area contributed by atoms with Crippen LogP contribution in [0.4, 0.5) is 0 Å². The van der Waals surface area contributed by atoms with Gasteiger partial charge in [0.05, 0.1) is 29.7 Å². The summed E-state index contributed by atoms with van der Waals surface area (Å²) < 4.78 is 8.18. The van der Waals surface area contributed by atoms with Gasteiger partial charge in [-0.2, -0.15) is 5.26 Å². The molecule has 0 radical (unpaired) electrons. The zero-order valence-electron chi connectivity index (χ0n) is 17.8. The number of β-amino-alcohol motifs (C(OH)–C–C–N with tert-alkyl or cyclic N) is 1. The topological polar surface area (TPSA) is 94.0 Å². The van der Waals surface area contributed by atoms with Crippen molar-refractivity contribution in [3.63, 3.8) is 0 Å². The van der Waals surface area contributed by atoms with Crippen LogP contribution in [0.2, 0.25) is 0 Å². The van der Waals surface area contributed by atoms with E-state index in [1.807, 2.05) is 35.2 Å². The minimum absolute atomic E-state index is 0.190. The zero-order chi connectivity index (χ0) is 22.1. The number of aromatic hydroxyl groups is 1. The summed E-state index contributed by atoms with van der Waals surface area (Å²) in [5, 5.41) is 31.0. The van der Waals surface area contributed by atoms with Gasteiger partial charge in [0.15, 0.2) is 0 Å². The Morgan fingerprint density at radius 2 is 2.00 bits per heavy atom. The molecule has 0 bridgehead atoms. The van der Waals surface area contributed by atoms with Crippen LogP contribution in [0, 0.1) is 11.3 Å². The van der Waals surface area contributed by atoms with E-state index in [9.17, 15) is 15.5 Å². The van der Waals surface area contributed by atoms with E-state index in [0.717, 1.165) is 48.1 Å².